The number of carbonyl (C=O) groups is 2. The lowest BCUT2D eigenvalue weighted by atomic mass is 9.88. The van der Waals surface area contributed by atoms with Crippen LogP contribution in [0.15, 0.2) is 48.5 Å². The van der Waals surface area contributed by atoms with Crippen LogP contribution in [0, 0.1) is 18.7 Å². The minimum atomic E-state index is -0.253. The first-order valence-electron chi connectivity index (χ1n) is 10.7. The van der Waals surface area contributed by atoms with Gasteiger partial charge in [-0.3, -0.25) is 4.79 Å². The number of amides is 3. The molecule has 0 bridgehead atoms. The number of aryl methyl sites for hydroxylation is 1. The van der Waals surface area contributed by atoms with Gasteiger partial charge in [-0.15, -0.1) is 0 Å². The van der Waals surface area contributed by atoms with Gasteiger partial charge in [0, 0.05) is 19.1 Å². The molecule has 2 fully saturated rings. The van der Waals surface area contributed by atoms with E-state index >= 15 is 0 Å². The molecule has 5 nitrogen and oxygen atoms in total. The highest BCUT2D eigenvalue weighted by atomic mass is 19.1. The Kier molecular flexibility index (Phi) is 6.02. The van der Waals surface area contributed by atoms with Crippen LogP contribution >= 0.6 is 0 Å². The second-order valence-electron chi connectivity index (χ2n) is 8.38. The van der Waals surface area contributed by atoms with Crippen molar-refractivity contribution in [2.45, 2.75) is 51.2 Å². The van der Waals surface area contributed by atoms with E-state index in [-0.39, 0.29) is 29.7 Å². The summed E-state index contributed by atoms with van der Waals surface area (Å²) in [7, 11) is 0. The number of piperidine rings is 1. The van der Waals surface area contributed by atoms with Crippen LogP contribution in [-0.4, -0.2) is 29.4 Å². The maximum absolute atomic E-state index is 13.8. The highest BCUT2D eigenvalue weighted by molar-refractivity contribution is 5.81. The number of urea groups is 1. The van der Waals surface area contributed by atoms with Gasteiger partial charge < -0.3 is 15.5 Å². The molecule has 0 aromatic heterocycles. The third kappa shape index (κ3) is 4.81. The molecule has 1 aliphatic carbocycles. The smallest absolute Gasteiger partial charge is 0.318 e. The molecule has 1 aliphatic heterocycles. The average Bonchev–Trinajstić information content (AvgIpc) is 3.58. The number of hydrogen-bond donors (Lipinski definition) is 2. The SMILES string of the molecule is Cc1cc([C@@H]2CC[C@H](C(=O)NC3CC3)CN2C(=O)NCc2ccccc2)ccc1F. The predicted molar refractivity (Wildman–Crippen MR) is 113 cm³/mol. The molecule has 2 aromatic rings. The molecule has 2 aromatic carbocycles. The topological polar surface area (TPSA) is 61.4 Å². The summed E-state index contributed by atoms with van der Waals surface area (Å²) < 4.78 is 13.8. The number of hydrogen-bond acceptors (Lipinski definition) is 2. The van der Waals surface area contributed by atoms with E-state index < -0.39 is 0 Å². The Hall–Kier alpha value is -2.89. The molecule has 6 heteroatoms. The first-order chi connectivity index (χ1) is 14.5. The van der Waals surface area contributed by atoms with Crippen molar-refractivity contribution in [3.63, 3.8) is 0 Å². The highest BCUT2D eigenvalue weighted by Crippen LogP contribution is 2.35. The molecule has 3 amide bonds. The lowest BCUT2D eigenvalue weighted by Crippen LogP contribution is -2.50. The molecule has 2 atom stereocenters. The molecule has 1 saturated heterocycles. The van der Waals surface area contributed by atoms with Crippen molar-refractivity contribution in [2.75, 3.05) is 6.54 Å². The van der Waals surface area contributed by atoms with Gasteiger partial charge >= 0.3 is 6.03 Å². The number of likely N-dealkylation sites (tertiary alicyclic amines) is 1. The van der Waals surface area contributed by atoms with Gasteiger partial charge in [0.05, 0.1) is 12.0 Å². The van der Waals surface area contributed by atoms with Crippen LogP contribution in [0.1, 0.15) is 48.4 Å². The Morgan fingerprint density at radius 2 is 1.83 bits per heavy atom. The number of carbonyl (C=O) groups excluding carboxylic acids is 2. The number of nitrogens with zero attached hydrogens (tertiary/aromatic N) is 1. The fourth-order valence-electron chi connectivity index (χ4n) is 4.05. The van der Waals surface area contributed by atoms with E-state index in [9.17, 15) is 14.0 Å². The molecule has 2 aliphatic rings. The van der Waals surface area contributed by atoms with Crippen molar-refractivity contribution in [3.05, 3.63) is 71.0 Å². The molecule has 2 N–H and O–H groups in total. The summed E-state index contributed by atoms with van der Waals surface area (Å²) in [6.07, 6.45) is 3.46. The van der Waals surface area contributed by atoms with E-state index in [1.807, 2.05) is 36.4 Å². The molecule has 1 saturated carbocycles. The number of nitrogens with one attached hydrogen (secondary N) is 2. The Bertz CT molecular complexity index is 914. The van der Waals surface area contributed by atoms with Gasteiger partial charge in [0.1, 0.15) is 5.82 Å². The quantitative estimate of drug-likeness (QED) is 0.782. The van der Waals surface area contributed by atoms with E-state index in [0.29, 0.717) is 37.5 Å². The van der Waals surface area contributed by atoms with Crippen LogP contribution in [-0.2, 0) is 11.3 Å². The molecule has 0 radical (unpaired) electrons. The third-order valence-corrected chi connectivity index (χ3v) is 5.99. The first kappa shape index (κ1) is 20.4. The standard InChI is InChI=1S/C24H28FN3O2/c1-16-13-18(7-11-21(16)25)22-12-8-19(23(29)27-20-9-10-20)15-28(22)24(30)26-14-17-5-3-2-4-6-17/h2-7,11,13,19-20,22H,8-10,12,14-15H2,1H3,(H,26,30)(H,27,29)/t19-,22-/m0/s1. The van der Waals surface area contributed by atoms with Gasteiger partial charge in [0.15, 0.2) is 0 Å². The van der Waals surface area contributed by atoms with Crippen LogP contribution in [0.25, 0.3) is 0 Å². The summed E-state index contributed by atoms with van der Waals surface area (Å²) in [6, 6.07) is 14.7. The van der Waals surface area contributed by atoms with Gasteiger partial charge in [-0.2, -0.15) is 0 Å². The predicted octanol–water partition coefficient (Wildman–Crippen LogP) is 4.08. The number of rotatable bonds is 5. The lowest BCUT2D eigenvalue weighted by molar-refractivity contribution is -0.126. The Morgan fingerprint density at radius 3 is 2.53 bits per heavy atom. The van der Waals surface area contributed by atoms with Crippen molar-refractivity contribution >= 4 is 11.9 Å². The van der Waals surface area contributed by atoms with E-state index in [4.69, 9.17) is 0 Å². The second-order valence-corrected chi connectivity index (χ2v) is 8.38. The van der Waals surface area contributed by atoms with Crippen molar-refractivity contribution in [1.82, 2.24) is 15.5 Å². The van der Waals surface area contributed by atoms with Gasteiger partial charge in [-0.1, -0.05) is 42.5 Å². The van der Waals surface area contributed by atoms with Gasteiger partial charge in [0.25, 0.3) is 0 Å². The van der Waals surface area contributed by atoms with Gasteiger partial charge in [-0.05, 0) is 55.4 Å². The zero-order valence-electron chi connectivity index (χ0n) is 17.2. The summed E-state index contributed by atoms with van der Waals surface area (Å²) in [5, 5.41) is 6.05. The minimum Gasteiger partial charge on any atom is -0.353 e. The lowest BCUT2D eigenvalue weighted by Gasteiger charge is -2.39. The Morgan fingerprint density at radius 1 is 1.07 bits per heavy atom. The highest BCUT2D eigenvalue weighted by Gasteiger charge is 2.37. The van der Waals surface area contributed by atoms with Crippen molar-refractivity contribution in [3.8, 4) is 0 Å². The molecular formula is C24H28FN3O2. The van der Waals surface area contributed by atoms with Crippen LogP contribution in [0.4, 0.5) is 9.18 Å². The molecule has 0 spiro atoms. The monoisotopic (exact) mass is 409 g/mol. The maximum Gasteiger partial charge on any atom is 0.318 e. The van der Waals surface area contributed by atoms with Crippen molar-refractivity contribution in [1.29, 1.82) is 0 Å². The number of halogens is 1. The fourth-order valence-corrected chi connectivity index (χ4v) is 4.05. The van der Waals surface area contributed by atoms with Crippen LogP contribution in [0.3, 0.4) is 0 Å². The zero-order valence-corrected chi connectivity index (χ0v) is 17.2. The van der Waals surface area contributed by atoms with E-state index in [0.717, 1.165) is 24.0 Å². The normalized spacial score (nSPS) is 21.2. The largest absolute Gasteiger partial charge is 0.353 e. The Labute approximate surface area is 176 Å². The molecule has 1 heterocycles. The maximum atomic E-state index is 13.8. The van der Waals surface area contributed by atoms with Gasteiger partial charge in [0.2, 0.25) is 5.91 Å². The average molecular weight is 410 g/mol. The molecular weight excluding hydrogens is 381 g/mol. The first-order valence-corrected chi connectivity index (χ1v) is 10.7. The van der Waals surface area contributed by atoms with Crippen molar-refractivity contribution < 1.29 is 14.0 Å². The Balaban J connectivity index is 1.51. The van der Waals surface area contributed by atoms with Gasteiger partial charge in [-0.25, -0.2) is 9.18 Å². The molecule has 4 rings (SSSR count). The molecule has 30 heavy (non-hydrogen) atoms. The fraction of sp³-hybridized carbons (Fsp3) is 0.417. The summed E-state index contributed by atoms with van der Waals surface area (Å²) in [6.45, 7) is 2.51. The van der Waals surface area contributed by atoms with E-state index in [1.165, 1.54) is 6.07 Å². The molecule has 158 valence electrons. The molecule has 0 unspecified atom stereocenters. The van der Waals surface area contributed by atoms with Crippen LogP contribution in [0.2, 0.25) is 0 Å². The summed E-state index contributed by atoms with van der Waals surface area (Å²) in [5.74, 6) is -0.436. The number of benzene rings is 2. The third-order valence-electron chi connectivity index (χ3n) is 5.99. The zero-order chi connectivity index (χ0) is 21.1. The minimum absolute atomic E-state index is 0.0343. The van der Waals surface area contributed by atoms with Crippen LogP contribution in [0.5, 0.6) is 0 Å². The summed E-state index contributed by atoms with van der Waals surface area (Å²) >= 11 is 0. The second kappa shape index (κ2) is 8.86. The summed E-state index contributed by atoms with van der Waals surface area (Å²) in [5.41, 5.74) is 2.48. The van der Waals surface area contributed by atoms with E-state index in [1.54, 1.807) is 17.9 Å². The van der Waals surface area contributed by atoms with Crippen LogP contribution < -0.4 is 10.6 Å². The van der Waals surface area contributed by atoms with Crippen molar-refractivity contribution in [2.24, 2.45) is 5.92 Å². The summed E-state index contributed by atoms with van der Waals surface area (Å²) in [4.78, 5) is 27.5. The van der Waals surface area contributed by atoms with E-state index in [2.05, 4.69) is 10.6 Å².